The molecule has 0 radical (unpaired) electrons. The first-order chi connectivity index (χ1) is 11.0. The number of aliphatic hydroxyl groups excluding tert-OH is 1. The first-order valence-corrected chi connectivity index (χ1v) is 7.97. The van der Waals surface area contributed by atoms with E-state index in [1.807, 2.05) is 31.2 Å². The highest BCUT2D eigenvalue weighted by atomic mass is 16.3. The van der Waals surface area contributed by atoms with Gasteiger partial charge in [0.15, 0.2) is 5.69 Å². The van der Waals surface area contributed by atoms with Crippen LogP contribution in [0.2, 0.25) is 0 Å². The summed E-state index contributed by atoms with van der Waals surface area (Å²) in [5.41, 5.74) is 2.32. The Morgan fingerprint density at radius 2 is 2.26 bits per heavy atom. The van der Waals surface area contributed by atoms with Crippen LogP contribution in [0.1, 0.15) is 35.3 Å². The van der Waals surface area contributed by atoms with Gasteiger partial charge >= 0.3 is 0 Å². The second-order valence-corrected chi connectivity index (χ2v) is 6.33. The van der Waals surface area contributed by atoms with Gasteiger partial charge in [0.25, 0.3) is 5.91 Å². The number of aryl methyl sites for hydroxylation is 1. The Kier molecular flexibility index (Phi) is 4.43. The van der Waals surface area contributed by atoms with Crippen molar-refractivity contribution in [3.8, 4) is 5.69 Å². The van der Waals surface area contributed by atoms with Crippen molar-refractivity contribution < 1.29 is 9.90 Å². The van der Waals surface area contributed by atoms with E-state index in [9.17, 15) is 9.90 Å². The number of aromatic nitrogens is 3. The monoisotopic (exact) mass is 314 g/mol. The number of hydrogen-bond donors (Lipinski definition) is 1. The summed E-state index contributed by atoms with van der Waals surface area (Å²) < 4.78 is 1.61. The molecule has 2 aromatic rings. The van der Waals surface area contributed by atoms with Crippen molar-refractivity contribution in [2.75, 3.05) is 13.6 Å². The molecule has 0 bridgehead atoms. The molecule has 3 rings (SSSR count). The maximum Gasteiger partial charge on any atom is 0.275 e. The molecule has 0 saturated heterocycles. The van der Waals surface area contributed by atoms with Gasteiger partial charge in [0.05, 0.1) is 18.0 Å². The van der Waals surface area contributed by atoms with Crippen LogP contribution < -0.4 is 0 Å². The average molecular weight is 314 g/mol. The van der Waals surface area contributed by atoms with Crippen LogP contribution >= 0.6 is 0 Å². The number of nitrogens with zero attached hydrogens (tertiary/aromatic N) is 4. The molecule has 2 unspecified atom stereocenters. The van der Waals surface area contributed by atoms with Crippen LogP contribution in [0.15, 0.2) is 30.5 Å². The maximum absolute atomic E-state index is 12.5. The van der Waals surface area contributed by atoms with Gasteiger partial charge in [0.2, 0.25) is 0 Å². The minimum atomic E-state index is -0.298. The standard InChI is InChI=1S/C17H22N4O2/c1-12-5-3-7-14(9-12)21-11-15(18-19-21)17(23)20(2)10-13-6-4-8-16(13)22/h3,5,7,9,11,13,16,22H,4,6,8,10H2,1-2H3. The summed E-state index contributed by atoms with van der Waals surface area (Å²) in [6, 6.07) is 7.87. The molecule has 0 aliphatic heterocycles. The van der Waals surface area contributed by atoms with E-state index in [-0.39, 0.29) is 17.9 Å². The molecular weight excluding hydrogens is 292 g/mol. The Morgan fingerprint density at radius 3 is 2.96 bits per heavy atom. The van der Waals surface area contributed by atoms with Gasteiger partial charge in [-0.15, -0.1) is 5.10 Å². The average Bonchev–Trinajstić information content (AvgIpc) is 3.16. The summed E-state index contributed by atoms with van der Waals surface area (Å²) in [6.07, 6.45) is 4.18. The molecule has 1 aromatic carbocycles. The maximum atomic E-state index is 12.5. The summed E-state index contributed by atoms with van der Waals surface area (Å²) in [6.45, 7) is 2.56. The van der Waals surface area contributed by atoms with Gasteiger partial charge in [-0.2, -0.15) is 0 Å². The molecule has 6 nitrogen and oxygen atoms in total. The zero-order valence-corrected chi connectivity index (χ0v) is 13.5. The molecule has 1 aliphatic rings. The summed E-state index contributed by atoms with van der Waals surface area (Å²) in [4.78, 5) is 14.1. The van der Waals surface area contributed by atoms with Gasteiger partial charge < -0.3 is 10.0 Å². The minimum Gasteiger partial charge on any atom is -0.393 e. The molecule has 23 heavy (non-hydrogen) atoms. The van der Waals surface area contributed by atoms with Crippen molar-refractivity contribution >= 4 is 5.91 Å². The molecule has 2 atom stereocenters. The zero-order chi connectivity index (χ0) is 16.4. The Bertz CT molecular complexity index is 697. The smallest absolute Gasteiger partial charge is 0.275 e. The van der Waals surface area contributed by atoms with E-state index in [4.69, 9.17) is 0 Å². The second kappa shape index (κ2) is 6.50. The lowest BCUT2D eigenvalue weighted by Crippen LogP contribution is -2.34. The summed E-state index contributed by atoms with van der Waals surface area (Å²) in [5.74, 6) is -0.00114. The van der Waals surface area contributed by atoms with Crippen LogP contribution in [0, 0.1) is 12.8 Å². The topological polar surface area (TPSA) is 71.2 Å². The number of hydrogen-bond acceptors (Lipinski definition) is 4. The number of benzene rings is 1. The van der Waals surface area contributed by atoms with Gasteiger partial charge in [-0.1, -0.05) is 23.8 Å². The van der Waals surface area contributed by atoms with Crippen LogP contribution in [0.4, 0.5) is 0 Å². The van der Waals surface area contributed by atoms with E-state index >= 15 is 0 Å². The minimum absolute atomic E-state index is 0.163. The third-order valence-electron chi connectivity index (χ3n) is 4.45. The number of aliphatic hydroxyl groups is 1. The van der Waals surface area contributed by atoms with E-state index in [1.165, 1.54) is 0 Å². The summed E-state index contributed by atoms with van der Waals surface area (Å²) >= 11 is 0. The number of rotatable bonds is 4. The summed E-state index contributed by atoms with van der Waals surface area (Å²) in [5, 5.41) is 17.9. The fourth-order valence-corrected chi connectivity index (χ4v) is 3.12. The number of amides is 1. The molecule has 1 aromatic heterocycles. The third kappa shape index (κ3) is 3.42. The Morgan fingerprint density at radius 1 is 1.43 bits per heavy atom. The molecular formula is C17H22N4O2. The quantitative estimate of drug-likeness (QED) is 0.934. The second-order valence-electron chi connectivity index (χ2n) is 6.33. The van der Waals surface area contributed by atoms with Crippen molar-refractivity contribution in [1.29, 1.82) is 0 Å². The van der Waals surface area contributed by atoms with E-state index in [0.29, 0.717) is 12.2 Å². The SMILES string of the molecule is Cc1cccc(-n2cc(C(=O)N(C)CC3CCCC3O)nn2)c1. The molecule has 1 amide bonds. The number of carbonyl (C=O) groups excluding carboxylic acids is 1. The highest BCUT2D eigenvalue weighted by molar-refractivity contribution is 5.91. The summed E-state index contributed by atoms with van der Waals surface area (Å²) in [7, 11) is 1.75. The predicted molar refractivity (Wildman–Crippen MR) is 86.4 cm³/mol. The zero-order valence-electron chi connectivity index (χ0n) is 13.5. The van der Waals surface area contributed by atoms with Gasteiger partial charge in [0, 0.05) is 19.5 Å². The van der Waals surface area contributed by atoms with Crippen LogP contribution in [-0.4, -0.2) is 50.6 Å². The van der Waals surface area contributed by atoms with Gasteiger partial charge in [-0.05, 0) is 37.5 Å². The Balaban J connectivity index is 1.70. The van der Waals surface area contributed by atoms with E-state index in [1.54, 1.807) is 22.8 Å². The van der Waals surface area contributed by atoms with Crippen LogP contribution in [0.25, 0.3) is 5.69 Å². The molecule has 1 N–H and O–H groups in total. The lowest BCUT2D eigenvalue weighted by atomic mass is 10.1. The highest BCUT2D eigenvalue weighted by Gasteiger charge is 2.28. The van der Waals surface area contributed by atoms with Crippen molar-refractivity contribution in [2.24, 2.45) is 5.92 Å². The third-order valence-corrected chi connectivity index (χ3v) is 4.45. The van der Waals surface area contributed by atoms with E-state index in [0.717, 1.165) is 30.5 Å². The van der Waals surface area contributed by atoms with Crippen LogP contribution in [0.5, 0.6) is 0 Å². The van der Waals surface area contributed by atoms with Crippen molar-refractivity contribution in [2.45, 2.75) is 32.3 Å². The van der Waals surface area contributed by atoms with E-state index < -0.39 is 0 Å². The molecule has 122 valence electrons. The van der Waals surface area contributed by atoms with Crippen LogP contribution in [-0.2, 0) is 0 Å². The first-order valence-electron chi connectivity index (χ1n) is 7.97. The lowest BCUT2D eigenvalue weighted by molar-refractivity contribution is 0.0688. The van der Waals surface area contributed by atoms with Crippen molar-refractivity contribution in [3.05, 3.63) is 41.7 Å². The molecule has 6 heteroatoms. The molecule has 0 spiro atoms. The molecule has 1 fully saturated rings. The fourth-order valence-electron chi connectivity index (χ4n) is 3.12. The van der Waals surface area contributed by atoms with Gasteiger partial charge in [-0.25, -0.2) is 4.68 Å². The van der Waals surface area contributed by atoms with Crippen molar-refractivity contribution in [1.82, 2.24) is 19.9 Å². The van der Waals surface area contributed by atoms with Crippen LogP contribution in [0.3, 0.4) is 0 Å². The fraction of sp³-hybridized carbons (Fsp3) is 0.471. The van der Waals surface area contributed by atoms with Crippen molar-refractivity contribution in [3.63, 3.8) is 0 Å². The largest absolute Gasteiger partial charge is 0.393 e. The Labute approximate surface area is 135 Å². The first kappa shape index (κ1) is 15.7. The predicted octanol–water partition coefficient (Wildman–Crippen LogP) is 1.81. The number of carbonyl (C=O) groups is 1. The molecule has 1 aliphatic carbocycles. The molecule has 1 saturated carbocycles. The van der Waals surface area contributed by atoms with Gasteiger partial charge in [0.1, 0.15) is 0 Å². The lowest BCUT2D eigenvalue weighted by Gasteiger charge is -2.22. The molecule has 1 heterocycles. The van der Waals surface area contributed by atoms with E-state index in [2.05, 4.69) is 10.3 Å². The normalized spacial score (nSPS) is 20.7. The Hall–Kier alpha value is -2.21. The highest BCUT2D eigenvalue weighted by Crippen LogP contribution is 2.26. The van der Waals surface area contributed by atoms with Gasteiger partial charge in [-0.3, -0.25) is 4.79 Å².